The SMILES string of the molecule is CCC(C)CN(CC)S(=O)(=O)N1CCCC(CN)C1. The van der Waals surface area contributed by atoms with E-state index >= 15 is 0 Å². The van der Waals surface area contributed by atoms with E-state index in [2.05, 4.69) is 13.8 Å². The molecule has 1 saturated heterocycles. The summed E-state index contributed by atoms with van der Waals surface area (Å²) in [5, 5.41) is 0. The minimum Gasteiger partial charge on any atom is -0.330 e. The number of hydrogen-bond acceptors (Lipinski definition) is 3. The summed E-state index contributed by atoms with van der Waals surface area (Å²) < 4.78 is 28.5. The zero-order chi connectivity index (χ0) is 14.5. The van der Waals surface area contributed by atoms with Crippen LogP contribution < -0.4 is 5.73 Å². The molecule has 2 unspecified atom stereocenters. The van der Waals surface area contributed by atoms with E-state index < -0.39 is 10.2 Å². The number of hydrogen-bond donors (Lipinski definition) is 1. The smallest absolute Gasteiger partial charge is 0.281 e. The van der Waals surface area contributed by atoms with Gasteiger partial charge >= 0.3 is 0 Å². The van der Waals surface area contributed by atoms with Gasteiger partial charge in [-0.15, -0.1) is 0 Å². The molecular formula is C13H29N3O2S. The van der Waals surface area contributed by atoms with Crippen LogP contribution in [0.3, 0.4) is 0 Å². The Morgan fingerprint density at radius 2 is 2.11 bits per heavy atom. The third kappa shape index (κ3) is 4.41. The fourth-order valence-electron chi connectivity index (χ4n) is 2.46. The number of piperidine rings is 1. The first kappa shape index (κ1) is 16.9. The lowest BCUT2D eigenvalue weighted by atomic mass is 10.0. The molecule has 0 aromatic heterocycles. The van der Waals surface area contributed by atoms with E-state index in [0.29, 0.717) is 44.6 Å². The Morgan fingerprint density at radius 3 is 2.63 bits per heavy atom. The lowest BCUT2D eigenvalue weighted by Gasteiger charge is -2.35. The molecular weight excluding hydrogens is 262 g/mol. The largest absolute Gasteiger partial charge is 0.330 e. The van der Waals surface area contributed by atoms with Crippen LogP contribution in [0.5, 0.6) is 0 Å². The predicted molar refractivity (Wildman–Crippen MR) is 79.0 cm³/mol. The van der Waals surface area contributed by atoms with Gasteiger partial charge in [0.05, 0.1) is 0 Å². The van der Waals surface area contributed by atoms with Crippen molar-refractivity contribution in [1.82, 2.24) is 8.61 Å². The van der Waals surface area contributed by atoms with Crippen LogP contribution in [-0.4, -0.2) is 49.8 Å². The van der Waals surface area contributed by atoms with E-state index in [9.17, 15) is 8.42 Å². The molecule has 2 N–H and O–H groups in total. The summed E-state index contributed by atoms with van der Waals surface area (Å²) in [6.45, 7) is 9.03. The standard InChI is InChI=1S/C13H29N3O2S/c1-4-12(3)10-15(5-2)19(17,18)16-8-6-7-13(9-14)11-16/h12-13H,4-11,14H2,1-3H3. The maximum absolute atomic E-state index is 12.6. The fourth-order valence-corrected chi connectivity index (χ4v) is 4.31. The third-order valence-electron chi connectivity index (χ3n) is 4.03. The molecule has 0 saturated carbocycles. The second kappa shape index (κ2) is 7.57. The van der Waals surface area contributed by atoms with Gasteiger partial charge in [0.1, 0.15) is 0 Å². The van der Waals surface area contributed by atoms with Crippen molar-refractivity contribution in [1.29, 1.82) is 0 Å². The highest BCUT2D eigenvalue weighted by molar-refractivity contribution is 7.86. The molecule has 0 bridgehead atoms. The van der Waals surface area contributed by atoms with Gasteiger partial charge in [0.25, 0.3) is 10.2 Å². The summed E-state index contributed by atoms with van der Waals surface area (Å²) in [5.74, 6) is 0.704. The van der Waals surface area contributed by atoms with Crippen LogP contribution in [0.25, 0.3) is 0 Å². The number of nitrogens with zero attached hydrogens (tertiary/aromatic N) is 2. The first-order valence-corrected chi connectivity index (χ1v) is 8.80. The van der Waals surface area contributed by atoms with E-state index in [4.69, 9.17) is 5.73 Å². The second-order valence-electron chi connectivity index (χ2n) is 5.57. The predicted octanol–water partition coefficient (Wildman–Crippen LogP) is 1.27. The summed E-state index contributed by atoms with van der Waals surface area (Å²) in [7, 11) is -3.31. The molecule has 1 rings (SSSR count). The zero-order valence-corrected chi connectivity index (χ0v) is 13.3. The normalized spacial score (nSPS) is 23.7. The van der Waals surface area contributed by atoms with Gasteiger partial charge in [0.15, 0.2) is 0 Å². The minimum atomic E-state index is -3.31. The molecule has 19 heavy (non-hydrogen) atoms. The molecule has 0 spiro atoms. The summed E-state index contributed by atoms with van der Waals surface area (Å²) in [6, 6.07) is 0. The molecule has 0 radical (unpaired) electrons. The summed E-state index contributed by atoms with van der Waals surface area (Å²) in [6.07, 6.45) is 2.96. The summed E-state index contributed by atoms with van der Waals surface area (Å²) in [5.41, 5.74) is 5.68. The maximum atomic E-state index is 12.6. The second-order valence-corrected chi connectivity index (χ2v) is 7.50. The molecule has 6 heteroatoms. The van der Waals surface area contributed by atoms with E-state index in [1.807, 2.05) is 6.92 Å². The average molecular weight is 291 g/mol. The summed E-state index contributed by atoms with van der Waals surface area (Å²) >= 11 is 0. The highest BCUT2D eigenvalue weighted by Crippen LogP contribution is 2.21. The number of nitrogens with two attached hydrogens (primary N) is 1. The van der Waals surface area contributed by atoms with Crippen LogP contribution >= 0.6 is 0 Å². The van der Waals surface area contributed by atoms with E-state index in [1.54, 1.807) is 8.61 Å². The highest BCUT2D eigenvalue weighted by Gasteiger charge is 2.32. The molecule has 0 aromatic carbocycles. The molecule has 0 aromatic rings. The van der Waals surface area contributed by atoms with Crippen molar-refractivity contribution in [3.8, 4) is 0 Å². The topological polar surface area (TPSA) is 66.6 Å². The van der Waals surface area contributed by atoms with Crippen molar-refractivity contribution in [2.45, 2.75) is 40.0 Å². The van der Waals surface area contributed by atoms with Crippen molar-refractivity contribution in [3.63, 3.8) is 0 Å². The van der Waals surface area contributed by atoms with Gasteiger partial charge in [-0.3, -0.25) is 0 Å². The van der Waals surface area contributed by atoms with Crippen molar-refractivity contribution in [2.24, 2.45) is 17.6 Å². The Hall–Kier alpha value is -0.170. The fraction of sp³-hybridized carbons (Fsp3) is 1.00. The lowest BCUT2D eigenvalue weighted by molar-refractivity contribution is 0.245. The molecule has 2 atom stereocenters. The molecule has 1 fully saturated rings. The monoisotopic (exact) mass is 291 g/mol. The number of rotatable bonds is 7. The first-order valence-electron chi connectivity index (χ1n) is 7.40. The van der Waals surface area contributed by atoms with Crippen LogP contribution in [0, 0.1) is 11.8 Å². The molecule has 1 aliphatic rings. The highest BCUT2D eigenvalue weighted by atomic mass is 32.2. The molecule has 5 nitrogen and oxygen atoms in total. The van der Waals surface area contributed by atoms with Gasteiger partial charge in [-0.1, -0.05) is 27.2 Å². The average Bonchev–Trinajstić information content (AvgIpc) is 2.44. The van der Waals surface area contributed by atoms with Crippen LogP contribution in [0.2, 0.25) is 0 Å². The van der Waals surface area contributed by atoms with Crippen molar-refractivity contribution in [2.75, 3.05) is 32.7 Å². The maximum Gasteiger partial charge on any atom is 0.281 e. The Labute approximate surface area is 118 Å². The van der Waals surface area contributed by atoms with Gasteiger partial charge in [-0.05, 0) is 31.2 Å². The van der Waals surface area contributed by atoms with E-state index in [1.165, 1.54) is 0 Å². The quantitative estimate of drug-likeness (QED) is 0.768. The Bertz CT molecular complexity index is 349. The van der Waals surface area contributed by atoms with E-state index in [0.717, 1.165) is 19.3 Å². The van der Waals surface area contributed by atoms with Gasteiger partial charge in [0.2, 0.25) is 0 Å². The Kier molecular flexibility index (Phi) is 6.73. The molecule has 0 aliphatic carbocycles. The molecule has 0 amide bonds. The molecule has 1 aliphatic heterocycles. The van der Waals surface area contributed by atoms with Crippen LogP contribution in [0.1, 0.15) is 40.0 Å². The van der Waals surface area contributed by atoms with E-state index in [-0.39, 0.29) is 0 Å². The van der Waals surface area contributed by atoms with Gasteiger partial charge in [-0.2, -0.15) is 17.0 Å². The van der Waals surface area contributed by atoms with Crippen molar-refractivity contribution in [3.05, 3.63) is 0 Å². The zero-order valence-electron chi connectivity index (χ0n) is 12.5. The lowest BCUT2D eigenvalue weighted by Crippen LogP contribution is -2.49. The minimum absolute atomic E-state index is 0.311. The van der Waals surface area contributed by atoms with Gasteiger partial charge < -0.3 is 5.73 Å². The Balaban J connectivity index is 2.76. The van der Waals surface area contributed by atoms with Crippen molar-refractivity contribution < 1.29 is 8.42 Å². The molecule has 114 valence electrons. The van der Waals surface area contributed by atoms with Crippen LogP contribution in [-0.2, 0) is 10.2 Å². The van der Waals surface area contributed by atoms with Crippen molar-refractivity contribution >= 4 is 10.2 Å². The third-order valence-corrected chi connectivity index (χ3v) is 6.08. The van der Waals surface area contributed by atoms with Crippen LogP contribution in [0.4, 0.5) is 0 Å². The molecule has 1 heterocycles. The van der Waals surface area contributed by atoms with Gasteiger partial charge in [0, 0.05) is 26.2 Å². The van der Waals surface area contributed by atoms with Crippen LogP contribution in [0.15, 0.2) is 0 Å². The summed E-state index contributed by atoms with van der Waals surface area (Å²) in [4.78, 5) is 0. The van der Waals surface area contributed by atoms with Gasteiger partial charge in [-0.25, -0.2) is 0 Å². The first-order chi connectivity index (χ1) is 8.95. The Morgan fingerprint density at radius 1 is 1.42 bits per heavy atom.